The van der Waals surface area contributed by atoms with E-state index in [0.29, 0.717) is 35.5 Å². The molecule has 2 atom stereocenters. The molecule has 42 heavy (non-hydrogen) atoms. The van der Waals surface area contributed by atoms with E-state index in [9.17, 15) is 50.4 Å². The van der Waals surface area contributed by atoms with Gasteiger partial charge in [0.25, 0.3) is 0 Å². The van der Waals surface area contributed by atoms with E-state index in [0.717, 1.165) is 15.4 Å². The predicted octanol–water partition coefficient (Wildman–Crippen LogP) is 1.14. The highest BCUT2D eigenvalue weighted by Crippen LogP contribution is 2.68. The summed E-state index contributed by atoms with van der Waals surface area (Å²) in [6, 6.07) is 0. The Kier molecular flexibility index (Phi) is 13.8. The van der Waals surface area contributed by atoms with Crippen LogP contribution in [0.4, 0.5) is 0 Å². The summed E-state index contributed by atoms with van der Waals surface area (Å²) in [6.07, 6.45) is -1.41. The molecule has 0 radical (unpaired) electrons. The van der Waals surface area contributed by atoms with Crippen LogP contribution in [0.1, 0.15) is 54.4 Å². The number of aliphatic hydroxyl groups excluding tert-OH is 8. The molecule has 0 saturated carbocycles. The van der Waals surface area contributed by atoms with E-state index in [-0.39, 0.29) is 44.8 Å². The second-order valence-electron chi connectivity index (χ2n) is 10.3. The van der Waals surface area contributed by atoms with Crippen LogP contribution in [-0.4, -0.2) is 119 Å². The Morgan fingerprint density at radius 2 is 1.07 bits per heavy atom. The predicted molar refractivity (Wildman–Crippen MR) is 161 cm³/mol. The molecule has 0 amide bonds. The van der Waals surface area contributed by atoms with Crippen LogP contribution in [0.3, 0.4) is 0 Å². The molecular formula is C27H40O11S4. The molecule has 2 heterocycles. The maximum absolute atomic E-state index is 13.8. The number of ether oxygens (including phenoxy) is 1. The van der Waals surface area contributed by atoms with Gasteiger partial charge in [0.15, 0.2) is 12.4 Å². The second kappa shape index (κ2) is 16.1. The molecule has 0 bridgehead atoms. The average Bonchev–Trinajstić information content (AvgIpc) is 3.51. The van der Waals surface area contributed by atoms with Crippen LogP contribution in [-0.2, 0) is 9.53 Å². The van der Waals surface area contributed by atoms with Gasteiger partial charge in [0.05, 0.1) is 39.1 Å². The number of fused-ring (bicyclic) bond motifs is 2. The number of benzene rings is 1. The summed E-state index contributed by atoms with van der Waals surface area (Å²) in [5.74, 6) is -2.33. The number of hydrogen-bond acceptors (Lipinski definition) is 15. The zero-order chi connectivity index (χ0) is 31.1. The summed E-state index contributed by atoms with van der Waals surface area (Å²) in [4.78, 5) is 29.7. The first kappa shape index (κ1) is 35.9. The van der Waals surface area contributed by atoms with Crippen molar-refractivity contribution in [2.24, 2.45) is 5.92 Å². The van der Waals surface area contributed by atoms with Gasteiger partial charge in [-0.25, -0.2) is 4.79 Å². The smallest absolute Gasteiger partial charge is 0.340 e. The Morgan fingerprint density at radius 1 is 0.690 bits per heavy atom. The Balaban J connectivity index is 2.00. The quantitative estimate of drug-likeness (QED) is 0.103. The molecule has 0 spiro atoms. The van der Waals surface area contributed by atoms with E-state index < -0.39 is 57.9 Å². The van der Waals surface area contributed by atoms with Crippen molar-refractivity contribution >= 4 is 58.8 Å². The lowest BCUT2D eigenvalue weighted by atomic mass is 9.91. The van der Waals surface area contributed by atoms with Crippen LogP contribution in [0, 0.1) is 12.8 Å². The standard InChI is InChI=1S/C27H40O11S4/c1-15-21-23(41-26(39-21,2-6-28)3-7-29)20(24-22(15)40-27(42-24,4-8-30)5-9-31)25(37)38-14-19(36)16(10-17(34)12-32)11-18(35)13-33/h16-18,28-35H,2-14H2,1H3. The minimum absolute atomic E-state index is 0.124. The summed E-state index contributed by atoms with van der Waals surface area (Å²) < 4.78 is 4.31. The summed E-state index contributed by atoms with van der Waals surface area (Å²) in [6.45, 7) is -0.424. The molecule has 238 valence electrons. The first-order valence-corrected chi connectivity index (χ1v) is 17.0. The van der Waals surface area contributed by atoms with Gasteiger partial charge in [-0.2, -0.15) is 0 Å². The van der Waals surface area contributed by atoms with Gasteiger partial charge >= 0.3 is 5.97 Å². The number of ketones is 1. The van der Waals surface area contributed by atoms with Crippen LogP contribution in [0.2, 0.25) is 0 Å². The minimum atomic E-state index is -1.23. The Labute approximate surface area is 261 Å². The van der Waals surface area contributed by atoms with Gasteiger partial charge in [0, 0.05) is 51.9 Å². The fraction of sp³-hybridized carbons (Fsp3) is 0.704. The molecule has 3 rings (SSSR count). The number of carbonyl (C=O) groups excluding carboxylic acids is 2. The molecule has 11 nitrogen and oxygen atoms in total. The van der Waals surface area contributed by atoms with E-state index in [1.807, 2.05) is 6.92 Å². The van der Waals surface area contributed by atoms with E-state index in [1.54, 1.807) is 0 Å². The maximum atomic E-state index is 13.8. The van der Waals surface area contributed by atoms with Crippen LogP contribution in [0.5, 0.6) is 0 Å². The minimum Gasteiger partial charge on any atom is -0.454 e. The zero-order valence-electron chi connectivity index (χ0n) is 23.4. The number of thioether (sulfide) groups is 4. The average molecular weight is 669 g/mol. The number of hydrogen-bond donors (Lipinski definition) is 8. The molecular weight excluding hydrogens is 629 g/mol. The van der Waals surface area contributed by atoms with Gasteiger partial charge in [-0.1, -0.05) is 0 Å². The van der Waals surface area contributed by atoms with Crippen LogP contribution < -0.4 is 0 Å². The highest BCUT2D eigenvalue weighted by atomic mass is 32.2. The van der Waals surface area contributed by atoms with Gasteiger partial charge in [-0.15, -0.1) is 47.0 Å². The first-order valence-electron chi connectivity index (χ1n) is 13.7. The molecule has 2 aliphatic heterocycles. The third-order valence-corrected chi connectivity index (χ3v) is 14.2. The summed E-state index contributed by atoms with van der Waals surface area (Å²) in [7, 11) is 0. The van der Waals surface area contributed by atoms with Gasteiger partial charge in [0.2, 0.25) is 0 Å². The van der Waals surface area contributed by atoms with Crippen LogP contribution >= 0.6 is 47.0 Å². The van der Waals surface area contributed by atoms with Crippen molar-refractivity contribution in [3.05, 3.63) is 11.1 Å². The molecule has 0 aliphatic carbocycles. The Morgan fingerprint density at radius 3 is 1.43 bits per heavy atom. The second-order valence-corrected chi connectivity index (χ2v) is 16.4. The van der Waals surface area contributed by atoms with Crippen molar-refractivity contribution in [1.82, 2.24) is 0 Å². The Hall–Kier alpha value is -0.560. The molecule has 0 saturated heterocycles. The summed E-state index contributed by atoms with van der Waals surface area (Å²) in [5, 5.41) is 77.4. The van der Waals surface area contributed by atoms with Gasteiger partial charge in [-0.3, -0.25) is 4.79 Å². The third kappa shape index (κ3) is 8.17. The van der Waals surface area contributed by atoms with Gasteiger partial charge in [-0.05, 0) is 51.0 Å². The van der Waals surface area contributed by atoms with E-state index in [4.69, 9.17) is 4.74 Å². The maximum Gasteiger partial charge on any atom is 0.340 e. The topological polar surface area (TPSA) is 205 Å². The highest BCUT2D eigenvalue weighted by Gasteiger charge is 2.48. The monoisotopic (exact) mass is 668 g/mol. The highest BCUT2D eigenvalue weighted by molar-refractivity contribution is 8.21. The number of esters is 1. The van der Waals surface area contributed by atoms with Crippen molar-refractivity contribution in [3.8, 4) is 0 Å². The molecule has 0 fully saturated rings. The molecule has 0 aromatic heterocycles. The van der Waals surface area contributed by atoms with Crippen molar-refractivity contribution in [2.45, 2.75) is 85.4 Å². The number of Topliss-reactive ketones (excluding diaryl/α,β-unsaturated/α-hetero) is 1. The fourth-order valence-corrected chi connectivity index (χ4v) is 12.0. The summed E-state index contributed by atoms with van der Waals surface area (Å²) >= 11 is 5.70. The Bertz CT molecular complexity index is 1030. The molecule has 1 aromatic rings. The molecule has 2 aliphatic rings. The third-order valence-electron chi connectivity index (χ3n) is 7.21. The zero-order valence-corrected chi connectivity index (χ0v) is 26.6. The largest absolute Gasteiger partial charge is 0.454 e. The van der Waals surface area contributed by atoms with Crippen LogP contribution in [0.15, 0.2) is 19.6 Å². The van der Waals surface area contributed by atoms with E-state index in [2.05, 4.69) is 0 Å². The normalized spacial score (nSPS) is 18.8. The molecule has 8 N–H and O–H groups in total. The number of carbonyl (C=O) groups is 2. The van der Waals surface area contributed by atoms with Crippen molar-refractivity contribution in [1.29, 1.82) is 0 Å². The van der Waals surface area contributed by atoms with Crippen molar-refractivity contribution in [2.75, 3.05) is 46.2 Å². The van der Waals surface area contributed by atoms with Gasteiger partial charge < -0.3 is 45.6 Å². The number of aliphatic hydroxyl groups is 8. The molecule has 1 aromatic carbocycles. The fourth-order valence-electron chi connectivity index (χ4n) is 5.02. The number of rotatable bonds is 18. The van der Waals surface area contributed by atoms with Crippen molar-refractivity contribution < 1.29 is 55.2 Å². The lowest BCUT2D eigenvalue weighted by Crippen LogP contribution is -2.31. The van der Waals surface area contributed by atoms with Crippen molar-refractivity contribution in [3.63, 3.8) is 0 Å². The first-order chi connectivity index (χ1) is 20.0. The summed E-state index contributed by atoms with van der Waals surface area (Å²) in [5.41, 5.74) is 1.15. The van der Waals surface area contributed by atoms with E-state index in [1.165, 1.54) is 47.0 Å². The van der Waals surface area contributed by atoms with Crippen LogP contribution in [0.25, 0.3) is 0 Å². The van der Waals surface area contributed by atoms with Gasteiger partial charge in [0.1, 0.15) is 0 Å². The lowest BCUT2D eigenvalue weighted by Gasteiger charge is -2.26. The molecule has 15 heteroatoms. The lowest BCUT2D eigenvalue weighted by molar-refractivity contribution is -0.128. The SMILES string of the molecule is Cc1c2c(c(C(=O)OCC(=O)C(CC(O)CO)CC(O)CO)c3c1SC(CCO)(CCO)S3)SC(CCO)(CCO)S2. The molecule has 2 unspecified atom stereocenters. The van der Waals surface area contributed by atoms with E-state index >= 15 is 0 Å².